The van der Waals surface area contributed by atoms with E-state index in [1.54, 1.807) is 0 Å². The predicted molar refractivity (Wildman–Crippen MR) is 160 cm³/mol. The second kappa shape index (κ2) is 9.47. The van der Waals surface area contributed by atoms with Crippen LogP contribution in [0.1, 0.15) is 84.8 Å². The lowest BCUT2D eigenvalue weighted by molar-refractivity contribution is 0.656. The summed E-state index contributed by atoms with van der Waals surface area (Å²) in [7, 11) is 0. The zero-order chi connectivity index (χ0) is 26.6. The maximum absolute atomic E-state index is 5.42. The monoisotopic (exact) mass is 499 g/mol. The fourth-order valence-electron chi connectivity index (χ4n) is 6.31. The van der Waals surface area contributed by atoms with E-state index in [-0.39, 0.29) is 6.04 Å². The van der Waals surface area contributed by atoms with Gasteiger partial charge in [-0.25, -0.2) is 4.98 Å². The average Bonchev–Trinajstić information content (AvgIpc) is 3.27. The van der Waals surface area contributed by atoms with Crippen LogP contribution in [0.2, 0.25) is 0 Å². The van der Waals surface area contributed by atoms with Crippen LogP contribution in [0.15, 0.2) is 78.9 Å². The third-order valence-corrected chi connectivity index (χ3v) is 8.05. The lowest BCUT2D eigenvalue weighted by Gasteiger charge is -2.32. The molecule has 1 N–H and O–H groups in total. The van der Waals surface area contributed by atoms with Crippen LogP contribution in [0, 0.1) is 13.8 Å². The first-order valence-electron chi connectivity index (χ1n) is 13.9. The Morgan fingerprint density at radius 3 is 2.18 bits per heavy atom. The van der Waals surface area contributed by atoms with Crippen molar-refractivity contribution in [2.45, 2.75) is 66.0 Å². The minimum atomic E-state index is -0.0345. The Hall–Kier alpha value is -3.85. The van der Waals surface area contributed by atoms with Crippen LogP contribution in [-0.4, -0.2) is 9.55 Å². The summed E-state index contributed by atoms with van der Waals surface area (Å²) in [4.78, 5) is 5.42. The molecule has 0 spiro atoms. The normalized spacial score (nSPS) is 14.7. The minimum Gasteiger partial charge on any atom is -0.371 e. The van der Waals surface area contributed by atoms with Crippen molar-refractivity contribution in [2.75, 3.05) is 5.32 Å². The number of aryl methyl sites for hydroxylation is 2. The van der Waals surface area contributed by atoms with Gasteiger partial charge in [0.05, 0.1) is 11.0 Å². The summed E-state index contributed by atoms with van der Waals surface area (Å²) in [5.74, 6) is 1.93. The van der Waals surface area contributed by atoms with Gasteiger partial charge >= 0.3 is 0 Å². The molecular formula is C35H37N3. The highest BCUT2D eigenvalue weighted by molar-refractivity contribution is 5.93. The van der Waals surface area contributed by atoms with E-state index in [4.69, 9.17) is 4.98 Å². The third kappa shape index (κ3) is 4.01. The first kappa shape index (κ1) is 24.5. The second-order valence-corrected chi connectivity index (χ2v) is 11.4. The summed E-state index contributed by atoms with van der Waals surface area (Å²) in [6.07, 6.45) is 0. The van der Waals surface area contributed by atoms with Crippen molar-refractivity contribution in [3.63, 3.8) is 0 Å². The highest BCUT2D eigenvalue weighted by Crippen LogP contribution is 2.42. The van der Waals surface area contributed by atoms with Crippen molar-refractivity contribution in [2.24, 2.45) is 0 Å². The largest absolute Gasteiger partial charge is 0.371 e. The third-order valence-electron chi connectivity index (χ3n) is 8.05. The summed E-state index contributed by atoms with van der Waals surface area (Å²) in [6.45, 7) is 14.4. The average molecular weight is 500 g/mol. The molecule has 0 saturated heterocycles. The van der Waals surface area contributed by atoms with Crippen molar-refractivity contribution in [1.29, 1.82) is 0 Å². The van der Waals surface area contributed by atoms with Crippen LogP contribution in [0.4, 0.5) is 5.69 Å². The molecule has 192 valence electrons. The van der Waals surface area contributed by atoms with Crippen molar-refractivity contribution in [3.05, 3.63) is 118 Å². The first-order valence-corrected chi connectivity index (χ1v) is 13.9. The number of nitrogens with zero attached hydrogens (tertiary/aromatic N) is 2. The summed E-state index contributed by atoms with van der Waals surface area (Å²) in [5, 5.41) is 4.09. The van der Waals surface area contributed by atoms with Crippen LogP contribution in [0.3, 0.4) is 0 Å². The number of nitrogens with one attached hydrogen (secondary N) is 1. The van der Waals surface area contributed by atoms with E-state index in [1.807, 2.05) is 0 Å². The van der Waals surface area contributed by atoms with Gasteiger partial charge in [-0.3, -0.25) is 0 Å². The van der Waals surface area contributed by atoms with Crippen LogP contribution in [0.25, 0.3) is 22.2 Å². The van der Waals surface area contributed by atoms with Crippen LogP contribution < -0.4 is 5.32 Å². The van der Waals surface area contributed by atoms with E-state index in [2.05, 4.69) is 130 Å². The molecule has 1 aliphatic rings. The van der Waals surface area contributed by atoms with Crippen molar-refractivity contribution >= 4 is 16.7 Å². The van der Waals surface area contributed by atoms with Gasteiger partial charge in [0.1, 0.15) is 11.9 Å². The molecule has 0 radical (unpaired) electrons. The Labute approximate surface area is 226 Å². The second-order valence-electron chi connectivity index (χ2n) is 11.4. The molecule has 1 atom stereocenters. The van der Waals surface area contributed by atoms with E-state index < -0.39 is 0 Å². The maximum Gasteiger partial charge on any atom is 0.137 e. The molecule has 0 fully saturated rings. The number of anilines is 1. The molecule has 1 unspecified atom stereocenters. The highest BCUT2D eigenvalue weighted by atomic mass is 15.1. The van der Waals surface area contributed by atoms with Gasteiger partial charge < -0.3 is 9.88 Å². The quantitative estimate of drug-likeness (QED) is 0.261. The SMILES string of the molecule is Cc1cc(C)c2c(c1)Cn1c(nc3c(-c4ccccc4)cccc31)C2Nc1c(C(C)C)cccc1C(C)C. The number of para-hydroxylation sites is 2. The number of imidazole rings is 1. The number of fused-ring (bicyclic) bond motifs is 4. The molecule has 3 heteroatoms. The smallest absolute Gasteiger partial charge is 0.137 e. The van der Waals surface area contributed by atoms with E-state index in [9.17, 15) is 0 Å². The fourth-order valence-corrected chi connectivity index (χ4v) is 6.31. The Kier molecular flexibility index (Phi) is 6.10. The van der Waals surface area contributed by atoms with Crippen LogP contribution in [0.5, 0.6) is 0 Å². The maximum atomic E-state index is 5.42. The van der Waals surface area contributed by atoms with Gasteiger partial charge in [0.15, 0.2) is 0 Å². The number of aromatic nitrogens is 2. The molecule has 6 rings (SSSR count). The molecule has 0 saturated carbocycles. The van der Waals surface area contributed by atoms with Gasteiger partial charge in [-0.15, -0.1) is 0 Å². The Bertz CT molecular complexity index is 1610. The summed E-state index contributed by atoms with van der Waals surface area (Å²) < 4.78 is 2.44. The zero-order valence-electron chi connectivity index (χ0n) is 23.3. The Morgan fingerprint density at radius 1 is 0.816 bits per heavy atom. The molecular weight excluding hydrogens is 462 g/mol. The highest BCUT2D eigenvalue weighted by Gasteiger charge is 2.32. The number of rotatable bonds is 5. The molecule has 0 amide bonds. The Balaban J connectivity index is 1.61. The van der Waals surface area contributed by atoms with Crippen molar-refractivity contribution in [3.8, 4) is 11.1 Å². The summed E-state index contributed by atoms with van der Waals surface area (Å²) >= 11 is 0. The lowest BCUT2D eigenvalue weighted by Crippen LogP contribution is -2.27. The van der Waals surface area contributed by atoms with Crippen LogP contribution >= 0.6 is 0 Å². The van der Waals surface area contributed by atoms with Gasteiger partial charge in [0, 0.05) is 17.8 Å². The van der Waals surface area contributed by atoms with Crippen LogP contribution in [-0.2, 0) is 6.54 Å². The predicted octanol–water partition coefficient (Wildman–Crippen LogP) is 9.13. The molecule has 38 heavy (non-hydrogen) atoms. The standard InChI is InChI=1S/C35H37N3/c1-21(2)27-14-10-15-28(22(3)4)32(27)36-34-31-24(6)18-23(5)19-26(31)20-38-30-17-11-16-29(33(30)37-35(34)38)25-12-8-7-9-13-25/h7-19,21-22,34,36H,20H2,1-6H3. The van der Waals surface area contributed by atoms with Crippen molar-refractivity contribution < 1.29 is 0 Å². The van der Waals surface area contributed by atoms with Gasteiger partial charge in [-0.1, -0.05) is 106 Å². The minimum absolute atomic E-state index is 0.0345. The molecule has 4 aromatic carbocycles. The molecule has 5 aromatic rings. The van der Waals surface area contributed by atoms with Gasteiger partial charge in [-0.2, -0.15) is 0 Å². The summed E-state index contributed by atoms with van der Waals surface area (Å²) in [6, 6.07) is 28.7. The fraction of sp³-hybridized carbons (Fsp3) is 0.286. The van der Waals surface area contributed by atoms with E-state index in [1.165, 1.54) is 55.7 Å². The molecule has 0 aliphatic carbocycles. The number of benzene rings is 4. The molecule has 0 bridgehead atoms. The number of hydrogen-bond donors (Lipinski definition) is 1. The number of hydrogen-bond acceptors (Lipinski definition) is 2. The first-order chi connectivity index (χ1) is 18.3. The van der Waals surface area contributed by atoms with Crippen molar-refractivity contribution in [1.82, 2.24) is 9.55 Å². The molecule has 2 heterocycles. The lowest BCUT2D eigenvalue weighted by atomic mass is 9.88. The molecule has 3 nitrogen and oxygen atoms in total. The van der Waals surface area contributed by atoms with Gasteiger partial charge in [-0.05, 0) is 65.1 Å². The molecule has 1 aromatic heterocycles. The zero-order valence-corrected chi connectivity index (χ0v) is 23.3. The topological polar surface area (TPSA) is 29.9 Å². The Morgan fingerprint density at radius 2 is 1.50 bits per heavy atom. The molecule has 1 aliphatic heterocycles. The van der Waals surface area contributed by atoms with Gasteiger partial charge in [0.25, 0.3) is 0 Å². The van der Waals surface area contributed by atoms with Gasteiger partial charge in [0.2, 0.25) is 0 Å². The van der Waals surface area contributed by atoms with E-state index >= 15 is 0 Å². The van der Waals surface area contributed by atoms with E-state index in [0.717, 1.165) is 17.9 Å². The van der Waals surface area contributed by atoms with E-state index in [0.29, 0.717) is 11.8 Å². The summed E-state index contributed by atoms with van der Waals surface area (Å²) in [5.41, 5.74) is 14.0.